The molecule has 1 atom stereocenters. The third-order valence-corrected chi connectivity index (χ3v) is 3.04. The minimum Gasteiger partial charge on any atom is -0.282 e. The van der Waals surface area contributed by atoms with Gasteiger partial charge in [-0.05, 0) is 11.6 Å². The van der Waals surface area contributed by atoms with E-state index in [-0.39, 0.29) is 4.90 Å². The maximum atomic E-state index is 10.9. The summed E-state index contributed by atoms with van der Waals surface area (Å²) in [4.78, 5) is -0.181. The zero-order valence-corrected chi connectivity index (χ0v) is 8.79. The van der Waals surface area contributed by atoms with Crippen LogP contribution in [0.5, 0.6) is 0 Å². The van der Waals surface area contributed by atoms with E-state index < -0.39 is 15.5 Å². The Kier molecular flexibility index (Phi) is 3.31. The van der Waals surface area contributed by atoms with Gasteiger partial charge in [0, 0.05) is 0 Å². The van der Waals surface area contributed by atoms with Crippen molar-refractivity contribution >= 4 is 21.7 Å². The highest BCUT2D eigenvalue weighted by atomic mass is 35.5. The molecule has 0 aromatic heterocycles. The third kappa shape index (κ3) is 2.35. The molecule has 1 rings (SSSR count). The Bertz CT molecular complexity index is 439. The van der Waals surface area contributed by atoms with E-state index in [1.54, 1.807) is 6.07 Å². The van der Waals surface area contributed by atoms with Gasteiger partial charge in [0.2, 0.25) is 0 Å². The van der Waals surface area contributed by atoms with Gasteiger partial charge in [0.25, 0.3) is 10.1 Å². The highest BCUT2D eigenvalue weighted by Crippen LogP contribution is 2.27. The number of hydrogen-bond donors (Lipinski definition) is 1. The van der Waals surface area contributed by atoms with E-state index in [2.05, 4.69) is 6.58 Å². The van der Waals surface area contributed by atoms with Gasteiger partial charge in [-0.3, -0.25) is 4.55 Å². The van der Waals surface area contributed by atoms with Crippen molar-refractivity contribution in [3.05, 3.63) is 42.5 Å². The molecule has 0 radical (unpaired) electrons. The van der Waals surface area contributed by atoms with Crippen LogP contribution in [0.1, 0.15) is 10.9 Å². The van der Waals surface area contributed by atoms with Gasteiger partial charge in [-0.1, -0.05) is 24.3 Å². The van der Waals surface area contributed by atoms with Crippen molar-refractivity contribution in [2.75, 3.05) is 0 Å². The number of hydrogen-bond acceptors (Lipinski definition) is 2. The van der Waals surface area contributed by atoms with E-state index in [1.807, 2.05) is 0 Å². The maximum absolute atomic E-state index is 10.9. The fourth-order valence-electron chi connectivity index (χ4n) is 1.07. The smallest absolute Gasteiger partial charge is 0.282 e. The van der Waals surface area contributed by atoms with E-state index >= 15 is 0 Å². The Morgan fingerprint density at radius 1 is 1.43 bits per heavy atom. The SMILES string of the molecule is C=CC(Cl)c1ccccc1S(=O)(=O)O. The monoisotopic (exact) mass is 232 g/mol. The lowest BCUT2D eigenvalue weighted by molar-refractivity contribution is 0.482. The lowest BCUT2D eigenvalue weighted by Crippen LogP contribution is -2.03. The summed E-state index contributed by atoms with van der Waals surface area (Å²) in [5.41, 5.74) is 0.326. The van der Waals surface area contributed by atoms with E-state index in [0.717, 1.165) is 0 Å². The van der Waals surface area contributed by atoms with Gasteiger partial charge in [0.15, 0.2) is 0 Å². The van der Waals surface area contributed by atoms with Gasteiger partial charge in [0.1, 0.15) is 0 Å². The molecule has 1 aromatic carbocycles. The van der Waals surface area contributed by atoms with Crippen LogP contribution in [-0.4, -0.2) is 13.0 Å². The number of alkyl halides is 1. The molecule has 76 valence electrons. The summed E-state index contributed by atoms with van der Waals surface area (Å²) in [6, 6.07) is 5.98. The summed E-state index contributed by atoms with van der Waals surface area (Å²) in [6.07, 6.45) is 1.39. The Hall–Kier alpha value is -0.840. The van der Waals surface area contributed by atoms with Crippen LogP contribution >= 0.6 is 11.6 Å². The Balaban J connectivity index is 3.37. The number of allylic oxidation sites excluding steroid dienone is 1. The highest BCUT2D eigenvalue weighted by molar-refractivity contribution is 7.85. The number of halogens is 1. The Morgan fingerprint density at radius 2 is 2.00 bits per heavy atom. The van der Waals surface area contributed by atoms with Crippen LogP contribution in [0.4, 0.5) is 0 Å². The molecule has 1 N–H and O–H groups in total. The Morgan fingerprint density at radius 3 is 2.50 bits per heavy atom. The molecular weight excluding hydrogens is 224 g/mol. The molecule has 1 aromatic rings. The first-order valence-corrected chi connectivity index (χ1v) is 5.67. The van der Waals surface area contributed by atoms with Gasteiger partial charge >= 0.3 is 0 Å². The molecule has 0 spiro atoms. The van der Waals surface area contributed by atoms with Crippen LogP contribution < -0.4 is 0 Å². The second-order valence-corrected chi connectivity index (χ2v) is 4.51. The van der Waals surface area contributed by atoms with Crippen LogP contribution in [0.3, 0.4) is 0 Å². The summed E-state index contributed by atoms with van der Waals surface area (Å²) in [6.45, 7) is 3.45. The van der Waals surface area contributed by atoms with Crippen molar-refractivity contribution < 1.29 is 13.0 Å². The van der Waals surface area contributed by atoms with E-state index in [0.29, 0.717) is 5.56 Å². The molecule has 5 heteroatoms. The summed E-state index contributed by atoms with van der Waals surface area (Å²) < 4.78 is 30.8. The minimum atomic E-state index is -4.22. The summed E-state index contributed by atoms with van der Waals surface area (Å²) >= 11 is 5.81. The number of benzene rings is 1. The van der Waals surface area contributed by atoms with Crippen LogP contribution in [0.2, 0.25) is 0 Å². The van der Waals surface area contributed by atoms with Gasteiger partial charge in [-0.25, -0.2) is 0 Å². The van der Waals surface area contributed by atoms with Crippen LogP contribution in [0.15, 0.2) is 41.8 Å². The molecule has 0 aliphatic carbocycles. The second kappa shape index (κ2) is 4.13. The van der Waals surface area contributed by atoms with Crippen molar-refractivity contribution in [3.8, 4) is 0 Å². The van der Waals surface area contributed by atoms with Crippen LogP contribution in [0.25, 0.3) is 0 Å². The molecular formula is C9H9ClO3S. The summed E-state index contributed by atoms with van der Waals surface area (Å²) in [5.74, 6) is 0. The fraction of sp³-hybridized carbons (Fsp3) is 0.111. The molecule has 0 amide bonds. The first kappa shape index (κ1) is 11.2. The average Bonchev–Trinajstić information content (AvgIpc) is 2.15. The Labute approximate surface area is 87.8 Å². The molecule has 0 aliphatic rings. The van der Waals surface area contributed by atoms with Gasteiger partial charge < -0.3 is 0 Å². The van der Waals surface area contributed by atoms with Crippen LogP contribution in [-0.2, 0) is 10.1 Å². The number of rotatable bonds is 3. The van der Waals surface area contributed by atoms with Gasteiger partial charge in [0.05, 0.1) is 10.3 Å². The lowest BCUT2D eigenvalue weighted by Gasteiger charge is -2.08. The second-order valence-electron chi connectivity index (χ2n) is 2.65. The molecule has 3 nitrogen and oxygen atoms in total. The standard InChI is InChI=1S/C9H9ClO3S/c1-2-8(10)7-5-3-4-6-9(7)14(11,12)13/h2-6,8H,1H2,(H,11,12,13). The van der Waals surface area contributed by atoms with Crippen molar-refractivity contribution in [1.82, 2.24) is 0 Å². The van der Waals surface area contributed by atoms with E-state index in [4.69, 9.17) is 16.2 Å². The zero-order valence-electron chi connectivity index (χ0n) is 7.22. The largest absolute Gasteiger partial charge is 0.294 e. The molecule has 0 saturated carbocycles. The normalized spacial score (nSPS) is 13.6. The van der Waals surface area contributed by atoms with Crippen molar-refractivity contribution in [2.45, 2.75) is 10.3 Å². The summed E-state index contributed by atoms with van der Waals surface area (Å²) in [7, 11) is -4.22. The first-order valence-electron chi connectivity index (χ1n) is 3.80. The molecule has 14 heavy (non-hydrogen) atoms. The van der Waals surface area contributed by atoms with Gasteiger partial charge in [-0.15, -0.1) is 18.2 Å². The van der Waals surface area contributed by atoms with E-state index in [9.17, 15) is 8.42 Å². The zero-order chi connectivity index (χ0) is 10.8. The lowest BCUT2D eigenvalue weighted by atomic mass is 10.1. The predicted octanol–water partition coefficient (Wildman–Crippen LogP) is 2.40. The topological polar surface area (TPSA) is 54.4 Å². The highest BCUT2D eigenvalue weighted by Gasteiger charge is 2.17. The predicted molar refractivity (Wildman–Crippen MR) is 55.0 cm³/mol. The van der Waals surface area contributed by atoms with Crippen molar-refractivity contribution in [3.63, 3.8) is 0 Å². The minimum absolute atomic E-state index is 0.181. The molecule has 0 fully saturated rings. The van der Waals surface area contributed by atoms with E-state index in [1.165, 1.54) is 24.3 Å². The van der Waals surface area contributed by atoms with Crippen molar-refractivity contribution in [2.24, 2.45) is 0 Å². The maximum Gasteiger partial charge on any atom is 0.294 e. The average molecular weight is 233 g/mol. The van der Waals surface area contributed by atoms with Gasteiger partial charge in [-0.2, -0.15) is 8.42 Å². The molecule has 0 bridgehead atoms. The quantitative estimate of drug-likeness (QED) is 0.495. The fourth-order valence-corrected chi connectivity index (χ4v) is 2.07. The third-order valence-electron chi connectivity index (χ3n) is 1.70. The molecule has 0 saturated heterocycles. The summed E-state index contributed by atoms with van der Waals surface area (Å²) in [5, 5.41) is -0.631. The molecule has 0 aliphatic heterocycles. The van der Waals surface area contributed by atoms with Crippen LogP contribution in [0, 0.1) is 0 Å². The first-order chi connectivity index (χ1) is 6.46. The molecule has 1 unspecified atom stereocenters. The van der Waals surface area contributed by atoms with Crippen molar-refractivity contribution in [1.29, 1.82) is 0 Å². The molecule has 0 heterocycles.